The minimum atomic E-state index is -4.01. The van der Waals surface area contributed by atoms with E-state index in [0.29, 0.717) is 22.1 Å². The predicted octanol–water partition coefficient (Wildman–Crippen LogP) is 3.70. The van der Waals surface area contributed by atoms with E-state index in [2.05, 4.69) is 0 Å². The molecule has 2 aromatic carbocycles. The summed E-state index contributed by atoms with van der Waals surface area (Å²) in [5.41, 5.74) is 0.360. The first kappa shape index (κ1) is 19.6. The average Bonchev–Trinajstić information content (AvgIpc) is 2.65. The van der Waals surface area contributed by atoms with E-state index in [4.69, 9.17) is 25.8 Å². The second kappa shape index (κ2) is 8.13. The Morgan fingerprint density at radius 3 is 2.12 bits per heavy atom. The molecule has 2 aromatic rings. The van der Waals surface area contributed by atoms with Crippen LogP contribution in [0.2, 0.25) is 5.02 Å². The summed E-state index contributed by atoms with van der Waals surface area (Å²) < 4.78 is 41.2. The van der Waals surface area contributed by atoms with E-state index in [1.54, 1.807) is 18.2 Å². The van der Waals surface area contributed by atoms with Gasteiger partial charge in [-0.3, -0.25) is 0 Å². The van der Waals surface area contributed by atoms with Crippen LogP contribution >= 0.6 is 11.6 Å². The smallest absolute Gasteiger partial charge is 0.216 e. The third-order valence-electron chi connectivity index (χ3n) is 3.54. The molecular weight excluding hydrogens is 378 g/mol. The Hall–Kier alpha value is -2.69. The van der Waals surface area contributed by atoms with Crippen molar-refractivity contribution < 1.29 is 22.6 Å². The van der Waals surface area contributed by atoms with Gasteiger partial charge in [-0.2, -0.15) is 5.26 Å². The molecule has 0 amide bonds. The number of sulfone groups is 1. The number of rotatable bonds is 6. The molecule has 0 unspecified atom stereocenters. The first-order chi connectivity index (χ1) is 12.4. The Bertz CT molecular complexity index is 976. The quantitative estimate of drug-likeness (QED) is 0.695. The number of allylic oxidation sites excluding steroid dienone is 1. The molecule has 0 aliphatic rings. The highest BCUT2D eigenvalue weighted by Gasteiger charge is 2.23. The van der Waals surface area contributed by atoms with Gasteiger partial charge in [-0.1, -0.05) is 11.6 Å². The van der Waals surface area contributed by atoms with Gasteiger partial charge in [0.1, 0.15) is 11.0 Å². The third-order valence-corrected chi connectivity index (χ3v) is 5.48. The fraction of sp³-hybridized carbons (Fsp3) is 0.167. The van der Waals surface area contributed by atoms with Crippen molar-refractivity contribution in [1.29, 1.82) is 5.26 Å². The molecule has 0 bridgehead atoms. The lowest BCUT2D eigenvalue weighted by molar-refractivity contribution is 0.324. The lowest BCUT2D eigenvalue weighted by atomic mass is 10.1. The number of hydrogen-bond acceptors (Lipinski definition) is 6. The number of benzene rings is 2. The normalized spacial score (nSPS) is 11.6. The van der Waals surface area contributed by atoms with E-state index in [0.717, 1.165) is 0 Å². The Balaban J connectivity index is 2.63. The van der Waals surface area contributed by atoms with Gasteiger partial charge in [0.2, 0.25) is 15.6 Å². The van der Waals surface area contributed by atoms with Gasteiger partial charge >= 0.3 is 0 Å². The van der Waals surface area contributed by atoms with Crippen LogP contribution in [-0.2, 0) is 9.84 Å². The summed E-state index contributed by atoms with van der Waals surface area (Å²) in [6.45, 7) is 0. The molecule has 0 heterocycles. The van der Waals surface area contributed by atoms with Crippen molar-refractivity contribution in [3.8, 4) is 23.3 Å². The van der Waals surface area contributed by atoms with Gasteiger partial charge in [0.05, 0.1) is 26.2 Å². The van der Waals surface area contributed by atoms with E-state index in [1.807, 2.05) is 0 Å². The fourth-order valence-corrected chi connectivity index (χ4v) is 3.57. The Morgan fingerprint density at radius 2 is 1.62 bits per heavy atom. The molecule has 0 spiro atoms. The molecule has 0 N–H and O–H groups in total. The van der Waals surface area contributed by atoms with Gasteiger partial charge in [-0.05, 0) is 42.5 Å². The van der Waals surface area contributed by atoms with Crippen LogP contribution in [0.25, 0.3) is 6.08 Å². The van der Waals surface area contributed by atoms with Crippen LogP contribution in [-0.4, -0.2) is 29.7 Å². The molecule has 0 saturated heterocycles. The van der Waals surface area contributed by atoms with Crippen molar-refractivity contribution in [1.82, 2.24) is 0 Å². The zero-order valence-corrected chi connectivity index (χ0v) is 15.9. The summed E-state index contributed by atoms with van der Waals surface area (Å²) in [6.07, 6.45) is 1.23. The van der Waals surface area contributed by atoms with Gasteiger partial charge in [-0.25, -0.2) is 8.42 Å². The number of hydrogen-bond donors (Lipinski definition) is 0. The molecule has 0 aromatic heterocycles. The number of ether oxygens (including phenoxy) is 3. The van der Waals surface area contributed by atoms with Gasteiger partial charge in [0.25, 0.3) is 0 Å². The van der Waals surface area contributed by atoms with E-state index in [9.17, 15) is 13.7 Å². The van der Waals surface area contributed by atoms with Gasteiger partial charge in [0.15, 0.2) is 11.5 Å². The van der Waals surface area contributed by atoms with Gasteiger partial charge in [0, 0.05) is 10.6 Å². The van der Waals surface area contributed by atoms with E-state index in [1.165, 1.54) is 51.7 Å². The summed E-state index contributed by atoms with van der Waals surface area (Å²) in [4.78, 5) is -0.473. The lowest BCUT2D eigenvalue weighted by Crippen LogP contribution is -2.04. The molecule has 0 atom stereocenters. The van der Waals surface area contributed by atoms with Crippen molar-refractivity contribution in [2.24, 2.45) is 0 Å². The maximum absolute atomic E-state index is 12.7. The SMILES string of the molecule is COc1ccc(/C=C(\C#N)S(=O)(=O)c2ccc(Cl)cc2)c(OC)c1OC. The largest absolute Gasteiger partial charge is 0.493 e. The molecule has 0 aliphatic carbocycles. The van der Waals surface area contributed by atoms with Crippen molar-refractivity contribution in [3.05, 3.63) is 51.9 Å². The zero-order valence-electron chi connectivity index (χ0n) is 14.3. The van der Waals surface area contributed by atoms with Crippen LogP contribution in [0.3, 0.4) is 0 Å². The number of halogens is 1. The first-order valence-electron chi connectivity index (χ1n) is 7.30. The number of nitriles is 1. The standard InChI is InChI=1S/C18H16ClNO5S/c1-23-16-9-4-12(17(24-2)18(16)25-3)10-15(11-20)26(21,22)14-7-5-13(19)6-8-14/h4-10H,1-3H3/b15-10+. The fourth-order valence-electron chi connectivity index (χ4n) is 2.29. The van der Waals surface area contributed by atoms with Crippen LogP contribution in [0.1, 0.15) is 5.56 Å². The van der Waals surface area contributed by atoms with Gasteiger partial charge in [-0.15, -0.1) is 0 Å². The minimum absolute atomic E-state index is 0.0332. The van der Waals surface area contributed by atoms with E-state index in [-0.39, 0.29) is 10.6 Å². The van der Waals surface area contributed by atoms with Crippen molar-refractivity contribution >= 4 is 27.5 Å². The van der Waals surface area contributed by atoms with E-state index < -0.39 is 14.7 Å². The van der Waals surface area contributed by atoms with Crippen LogP contribution < -0.4 is 14.2 Å². The summed E-state index contributed by atoms with van der Waals surface area (Å²) in [7, 11) is 0.303. The molecule has 8 heteroatoms. The Kier molecular flexibility index (Phi) is 6.14. The molecule has 0 aliphatic heterocycles. The van der Waals surface area contributed by atoms with Crippen LogP contribution in [0, 0.1) is 11.3 Å². The number of methoxy groups -OCH3 is 3. The zero-order chi connectivity index (χ0) is 19.3. The van der Waals surface area contributed by atoms with Crippen LogP contribution in [0.4, 0.5) is 0 Å². The average molecular weight is 394 g/mol. The molecule has 0 saturated carbocycles. The molecule has 136 valence electrons. The van der Waals surface area contributed by atoms with Crippen molar-refractivity contribution in [2.75, 3.05) is 21.3 Å². The summed E-state index contributed by atoms with van der Waals surface area (Å²) in [6, 6.07) is 10.5. The monoisotopic (exact) mass is 393 g/mol. The van der Waals surface area contributed by atoms with Crippen LogP contribution in [0.15, 0.2) is 46.2 Å². The maximum Gasteiger partial charge on any atom is 0.216 e. The highest BCUT2D eigenvalue weighted by atomic mass is 35.5. The van der Waals surface area contributed by atoms with Crippen LogP contribution in [0.5, 0.6) is 17.2 Å². The Morgan fingerprint density at radius 1 is 1.00 bits per heavy atom. The molecule has 0 radical (unpaired) electrons. The second-order valence-electron chi connectivity index (χ2n) is 5.00. The highest BCUT2D eigenvalue weighted by Crippen LogP contribution is 2.41. The molecule has 2 rings (SSSR count). The molecule has 26 heavy (non-hydrogen) atoms. The second-order valence-corrected chi connectivity index (χ2v) is 7.36. The van der Waals surface area contributed by atoms with Crippen molar-refractivity contribution in [3.63, 3.8) is 0 Å². The number of nitrogens with zero attached hydrogens (tertiary/aromatic N) is 1. The summed E-state index contributed by atoms with van der Waals surface area (Å²) >= 11 is 5.79. The Labute approximate surface area is 157 Å². The molecule has 6 nitrogen and oxygen atoms in total. The lowest BCUT2D eigenvalue weighted by Gasteiger charge is -2.14. The summed E-state index contributed by atoms with van der Waals surface area (Å²) in [5.74, 6) is 0.969. The minimum Gasteiger partial charge on any atom is -0.493 e. The molecular formula is C18H16ClNO5S. The molecule has 0 fully saturated rings. The predicted molar refractivity (Wildman–Crippen MR) is 98.3 cm³/mol. The summed E-state index contributed by atoms with van der Waals surface area (Å²) in [5, 5.41) is 9.81. The third kappa shape index (κ3) is 3.77. The van der Waals surface area contributed by atoms with E-state index >= 15 is 0 Å². The van der Waals surface area contributed by atoms with Gasteiger partial charge < -0.3 is 14.2 Å². The highest BCUT2D eigenvalue weighted by molar-refractivity contribution is 7.95. The maximum atomic E-state index is 12.7. The first-order valence-corrected chi connectivity index (χ1v) is 9.16. The topological polar surface area (TPSA) is 85.6 Å². The van der Waals surface area contributed by atoms with Crippen molar-refractivity contribution in [2.45, 2.75) is 4.90 Å².